The molecule has 0 aliphatic carbocycles. The summed E-state index contributed by atoms with van der Waals surface area (Å²) in [5.74, 6) is 0.702. The van der Waals surface area contributed by atoms with E-state index >= 15 is 0 Å². The van der Waals surface area contributed by atoms with Gasteiger partial charge < -0.3 is 0 Å². The van der Waals surface area contributed by atoms with Crippen molar-refractivity contribution in [2.24, 2.45) is 0 Å². The first-order valence-corrected chi connectivity index (χ1v) is 20.4. The molecule has 0 N–H and O–H groups in total. The van der Waals surface area contributed by atoms with Crippen LogP contribution in [0.2, 0.25) is 0 Å². The first-order valence-electron chi connectivity index (χ1n) is 18.8. The first-order chi connectivity index (χ1) is 27.7. The third-order valence-electron chi connectivity index (χ3n) is 10.8. The van der Waals surface area contributed by atoms with Gasteiger partial charge in [0, 0.05) is 62.6 Å². The van der Waals surface area contributed by atoms with Gasteiger partial charge in [0.2, 0.25) is 0 Å². The fourth-order valence-corrected chi connectivity index (χ4v) is 10.5. The largest absolute Gasteiger partial charge is 0.228 e. The maximum absolute atomic E-state index is 5.40. The summed E-state index contributed by atoms with van der Waals surface area (Å²) in [5, 5.41) is 5.16. The molecule has 0 atom stereocenters. The van der Waals surface area contributed by atoms with Crippen molar-refractivity contribution in [1.82, 2.24) is 9.97 Å². The molecule has 11 aromatic rings. The molecule has 0 radical (unpaired) electrons. The van der Waals surface area contributed by atoms with Gasteiger partial charge in [0.05, 0.1) is 11.4 Å². The van der Waals surface area contributed by atoms with E-state index in [0.717, 1.165) is 39.2 Å². The van der Waals surface area contributed by atoms with Crippen LogP contribution in [0.1, 0.15) is 0 Å². The Hall–Kier alpha value is -6.72. The SMILES string of the molecule is c1ccc(-c2ccc(-c3cc(-c4cc(-c5cccc6c5sc5ccccc56)ccc4-c4cccc5c4sc4ccccc45)nc(-c4ccccc4)n3)cc2)cc1. The highest BCUT2D eigenvalue weighted by molar-refractivity contribution is 7.26. The highest BCUT2D eigenvalue weighted by Gasteiger charge is 2.20. The molecule has 3 aromatic heterocycles. The quantitative estimate of drug-likeness (QED) is 0.169. The molecule has 0 amide bonds. The van der Waals surface area contributed by atoms with E-state index in [-0.39, 0.29) is 0 Å². The van der Waals surface area contributed by atoms with Crippen molar-refractivity contribution in [1.29, 1.82) is 0 Å². The highest BCUT2D eigenvalue weighted by atomic mass is 32.1. The summed E-state index contributed by atoms with van der Waals surface area (Å²) in [4.78, 5) is 10.6. The summed E-state index contributed by atoms with van der Waals surface area (Å²) >= 11 is 3.72. The van der Waals surface area contributed by atoms with Crippen molar-refractivity contribution >= 4 is 63.0 Å². The van der Waals surface area contributed by atoms with Crippen LogP contribution < -0.4 is 0 Å². The fourth-order valence-electron chi connectivity index (χ4n) is 8.01. The van der Waals surface area contributed by atoms with Gasteiger partial charge in [-0.15, -0.1) is 22.7 Å². The second kappa shape index (κ2) is 13.5. The molecule has 0 spiro atoms. The van der Waals surface area contributed by atoms with E-state index in [4.69, 9.17) is 9.97 Å². The van der Waals surface area contributed by atoms with E-state index in [1.807, 2.05) is 28.7 Å². The van der Waals surface area contributed by atoms with Crippen LogP contribution in [0.15, 0.2) is 194 Å². The molecule has 0 saturated heterocycles. The molecule has 0 unspecified atom stereocenters. The zero-order valence-electron chi connectivity index (χ0n) is 30.2. The number of rotatable bonds is 6. The van der Waals surface area contributed by atoms with Gasteiger partial charge in [0.1, 0.15) is 0 Å². The van der Waals surface area contributed by atoms with Gasteiger partial charge in [-0.2, -0.15) is 0 Å². The summed E-state index contributed by atoms with van der Waals surface area (Å²) in [5.41, 5.74) is 12.0. The Kier molecular flexibility index (Phi) is 7.90. The minimum atomic E-state index is 0.702. The summed E-state index contributed by atoms with van der Waals surface area (Å²) in [6.07, 6.45) is 0. The van der Waals surface area contributed by atoms with Crippen molar-refractivity contribution < 1.29 is 0 Å². The molecule has 262 valence electrons. The molecule has 2 nitrogen and oxygen atoms in total. The second-order valence-electron chi connectivity index (χ2n) is 14.1. The van der Waals surface area contributed by atoms with Gasteiger partial charge >= 0.3 is 0 Å². The van der Waals surface area contributed by atoms with Crippen molar-refractivity contribution in [3.05, 3.63) is 194 Å². The Morgan fingerprint density at radius 3 is 1.46 bits per heavy atom. The number of nitrogens with zero attached hydrogens (tertiary/aromatic N) is 2. The van der Waals surface area contributed by atoms with Gasteiger partial charge in [-0.3, -0.25) is 0 Å². The van der Waals surface area contributed by atoms with Crippen molar-refractivity contribution in [3.8, 4) is 67.3 Å². The average molecular weight is 749 g/mol. The lowest BCUT2D eigenvalue weighted by Crippen LogP contribution is -1.97. The molecule has 0 fully saturated rings. The molecule has 4 heteroatoms. The molecular formula is C52H32N2S2. The Balaban J connectivity index is 1.16. The second-order valence-corrected chi connectivity index (χ2v) is 16.2. The van der Waals surface area contributed by atoms with Crippen LogP contribution in [0.3, 0.4) is 0 Å². The Labute approximate surface area is 332 Å². The third kappa shape index (κ3) is 5.62. The Morgan fingerprint density at radius 1 is 0.286 bits per heavy atom. The summed E-state index contributed by atoms with van der Waals surface area (Å²) in [7, 11) is 0. The van der Waals surface area contributed by atoms with E-state index in [2.05, 4.69) is 188 Å². The molecule has 8 aromatic carbocycles. The summed E-state index contributed by atoms with van der Waals surface area (Å²) in [6, 6.07) is 69.6. The fraction of sp³-hybridized carbons (Fsp3) is 0. The van der Waals surface area contributed by atoms with E-state index in [9.17, 15) is 0 Å². The Morgan fingerprint density at radius 2 is 0.786 bits per heavy atom. The number of benzene rings is 8. The zero-order chi connectivity index (χ0) is 37.0. The Bertz CT molecular complexity index is 3230. The minimum Gasteiger partial charge on any atom is -0.228 e. The van der Waals surface area contributed by atoms with Crippen LogP contribution in [0, 0.1) is 0 Å². The minimum absolute atomic E-state index is 0.702. The van der Waals surface area contributed by atoms with Crippen LogP contribution in [0.4, 0.5) is 0 Å². The van der Waals surface area contributed by atoms with Crippen LogP contribution in [-0.2, 0) is 0 Å². The zero-order valence-corrected chi connectivity index (χ0v) is 31.8. The predicted molar refractivity (Wildman–Crippen MR) is 240 cm³/mol. The molecule has 0 aliphatic heterocycles. The topological polar surface area (TPSA) is 25.8 Å². The molecule has 3 heterocycles. The molecule has 11 rings (SSSR count). The summed E-state index contributed by atoms with van der Waals surface area (Å²) < 4.78 is 5.17. The van der Waals surface area contributed by atoms with Gasteiger partial charge in [0.15, 0.2) is 5.82 Å². The van der Waals surface area contributed by atoms with Gasteiger partial charge in [0.25, 0.3) is 0 Å². The first kappa shape index (κ1) is 32.7. The number of hydrogen-bond donors (Lipinski definition) is 0. The molecular weight excluding hydrogens is 717 g/mol. The van der Waals surface area contributed by atoms with E-state index in [1.54, 1.807) is 0 Å². The van der Waals surface area contributed by atoms with Gasteiger partial charge in [-0.1, -0.05) is 170 Å². The van der Waals surface area contributed by atoms with Crippen molar-refractivity contribution in [2.75, 3.05) is 0 Å². The monoisotopic (exact) mass is 748 g/mol. The van der Waals surface area contributed by atoms with Crippen LogP contribution in [0.25, 0.3) is 108 Å². The lowest BCUT2D eigenvalue weighted by Gasteiger charge is -2.16. The normalized spacial score (nSPS) is 11.6. The molecule has 0 aliphatic rings. The highest BCUT2D eigenvalue weighted by Crippen LogP contribution is 2.46. The number of thiophene rings is 2. The van der Waals surface area contributed by atoms with E-state index in [1.165, 1.54) is 62.6 Å². The van der Waals surface area contributed by atoms with E-state index in [0.29, 0.717) is 5.82 Å². The average Bonchev–Trinajstić information content (AvgIpc) is 3.86. The maximum atomic E-state index is 5.40. The number of aromatic nitrogens is 2. The molecule has 0 bridgehead atoms. The van der Waals surface area contributed by atoms with Crippen LogP contribution in [0.5, 0.6) is 0 Å². The van der Waals surface area contributed by atoms with E-state index < -0.39 is 0 Å². The summed E-state index contributed by atoms with van der Waals surface area (Å²) in [6.45, 7) is 0. The van der Waals surface area contributed by atoms with Crippen molar-refractivity contribution in [3.63, 3.8) is 0 Å². The molecule has 56 heavy (non-hydrogen) atoms. The maximum Gasteiger partial charge on any atom is 0.160 e. The van der Waals surface area contributed by atoms with Crippen LogP contribution >= 0.6 is 22.7 Å². The number of hydrogen-bond acceptors (Lipinski definition) is 4. The number of fused-ring (bicyclic) bond motifs is 6. The smallest absolute Gasteiger partial charge is 0.160 e. The predicted octanol–water partition coefficient (Wildman–Crippen LogP) is 15.2. The standard InChI is InChI=1S/C52H32N2S2/c1-3-13-33(14-4-1)34-25-27-35(28-26-34)46-32-47(54-52(53-46)36-15-5-2-6-16-36)45-31-37(38-19-11-21-43-40-17-7-9-23-48(40)55-50(38)43)29-30-39(45)42-20-12-22-44-41-18-8-10-24-49(41)56-51(42)44/h1-32H. The van der Waals surface area contributed by atoms with Gasteiger partial charge in [-0.05, 0) is 52.1 Å². The van der Waals surface area contributed by atoms with Gasteiger partial charge in [-0.25, -0.2) is 9.97 Å². The molecule has 0 saturated carbocycles. The van der Waals surface area contributed by atoms with Crippen LogP contribution in [-0.4, -0.2) is 9.97 Å². The third-order valence-corrected chi connectivity index (χ3v) is 13.2. The van der Waals surface area contributed by atoms with Crippen molar-refractivity contribution in [2.45, 2.75) is 0 Å². The lowest BCUT2D eigenvalue weighted by molar-refractivity contribution is 1.18. The lowest BCUT2D eigenvalue weighted by atomic mass is 9.91.